The second-order valence-corrected chi connectivity index (χ2v) is 4.15. The lowest BCUT2D eigenvalue weighted by Crippen LogP contribution is -2.23. The van der Waals surface area contributed by atoms with Gasteiger partial charge in [0.15, 0.2) is 0 Å². The van der Waals surface area contributed by atoms with E-state index in [2.05, 4.69) is 26.5 Å². The topological polar surface area (TPSA) is 18.5 Å². The van der Waals surface area contributed by atoms with Crippen molar-refractivity contribution in [1.82, 2.24) is 0 Å². The van der Waals surface area contributed by atoms with Crippen LogP contribution in [0.15, 0.2) is 0 Å². The minimum Gasteiger partial charge on any atom is -0.382 e. The molecule has 0 rings (SSSR count). The molecule has 0 aliphatic carbocycles. The minimum atomic E-state index is 0.186. The summed E-state index contributed by atoms with van der Waals surface area (Å²) in [6, 6.07) is 0. The first kappa shape index (κ1) is 13.3. The lowest BCUT2D eigenvalue weighted by Gasteiger charge is -2.21. The Balaban J connectivity index is 3.59. The van der Waals surface area contributed by atoms with Crippen LogP contribution >= 0.6 is 12.6 Å². The summed E-state index contributed by atoms with van der Waals surface area (Å²) in [5.41, 5.74) is 0. The van der Waals surface area contributed by atoms with Crippen LogP contribution in [0.2, 0.25) is 0 Å². The molecule has 0 spiro atoms. The normalized spacial score (nSPS) is 16.2. The van der Waals surface area contributed by atoms with Crippen LogP contribution in [0.25, 0.3) is 0 Å². The van der Waals surface area contributed by atoms with E-state index in [4.69, 9.17) is 9.47 Å². The first-order valence-electron chi connectivity index (χ1n) is 4.83. The fraction of sp³-hybridized carbons (Fsp3) is 1.00. The molecule has 80 valence electrons. The van der Waals surface area contributed by atoms with Gasteiger partial charge in [-0.1, -0.05) is 13.8 Å². The van der Waals surface area contributed by atoms with Crippen LogP contribution in [0.4, 0.5) is 0 Å². The Morgan fingerprint density at radius 1 is 1.15 bits per heavy atom. The van der Waals surface area contributed by atoms with Gasteiger partial charge in [0.25, 0.3) is 0 Å². The minimum absolute atomic E-state index is 0.186. The number of ether oxygens (including phenoxy) is 2. The van der Waals surface area contributed by atoms with Gasteiger partial charge in [0.2, 0.25) is 0 Å². The van der Waals surface area contributed by atoms with Crippen LogP contribution in [0.3, 0.4) is 0 Å². The molecule has 3 heteroatoms. The monoisotopic (exact) mass is 206 g/mol. The molecule has 2 unspecified atom stereocenters. The van der Waals surface area contributed by atoms with Crippen molar-refractivity contribution in [3.05, 3.63) is 0 Å². The molecular formula is C10H22O2S. The summed E-state index contributed by atoms with van der Waals surface area (Å²) < 4.78 is 10.6. The second-order valence-electron chi connectivity index (χ2n) is 3.79. The summed E-state index contributed by atoms with van der Waals surface area (Å²) >= 11 is 4.30. The molecule has 0 saturated carbocycles. The highest BCUT2D eigenvalue weighted by atomic mass is 32.1. The largest absolute Gasteiger partial charge is 0.382 e. The molecule has 0 aliphatic rings. The zero-order valence-electron chi connectivity index (χ0n) is 9.12. The van der Waals surface area contributed by atoms with Crippen molar-refractivity contribution in [3.8, 4) is 0 Å². The molecule has 0 bridgehead atoms. The number of hydrogen-bond acceptors (Lipinski definition) is 3. The van der Waals surface area contributed by atoms with Crippen LogP contribution in [0, 0.1) is 11.8 Å². The Bertz CT molecular complexity index is 117. The van der Waals surface area contributed by atoms with Crippen LogP contribution < -0.4 is 0 Å². The van der Waals surface area contributed by atoms with Crippen LogP contribution in [0.5, 0.6) is 0 Å². The predicted octanol–water partition coefficient (Wildman–Crippen LogP) is 2.24. The molecule has 0 heterocycles. The summed E-state index contributed by atoms with van der Waals surface area (Å²) in [6.45, 7) is 7.87. The third-order valence-electron chi connectivity index (χ3n) is 2.17. The molecule has 0 amide bonds. The zero-order valence-corrected chi connectivity index (χ0v) is 10.0. The van der Waals surface area contributed by atoms with Crippen LogP contribution in [-0.4, -0.2) is 32.2 Å². The molecule has 0 N–H and O–H groups in total. The number of methoxy groups -OCH3 is 1. The first-order chi connectivity index (χ1) is 6.11. The first-order valence-corrected chi connectivity index (χ1v) is 5.46. The highest BCUT2D eigenvalue weighted by Gasteiger charge is 2.13. The molecule has 2 nitrogen and oxygen atoms in total. The molecule has 0 aromatic carbocycles. The Hall–Kier alpha value is 0.270. The average molecular weight is 206 g/mol. The average Bonchev–Trinajstić information content (AvgIpc) is 2.05. The lowest BCUT2D eigenvalue weighted by atomic mass is 9.99. The molecular weight excluding hydrogens is 184 g/mol. The van der Waals surface area contributed by atoms with Gasteiger partial charge in [-0.2, -0.15) is 12.6 Å². The fourth-order valence-corrected chi connectivity index (χ4v) is 1.55. The number of thiol groups is 1. The maximum absolute atomic E-state index is 5.62. The highest BCUT2D eigenvalue weighted by Crippen LogP contribution is 2.13. The van der Waals surface area contributed by atoms with Crippen molar-refractivity contribution in [3.63, 3.8) is 0 Å². The molecule has 0 radical (unpaired) electrons. The fourth-order valence-electron chi connectivity index (χ4n) is 1.03. The van der Waals surface area contributed by atoms with E-state index >= 15 is 0 Å². The Morgan fingerprint density at radius 3 is 2.15 bits per heavy atom. The Labute approximate surface area is 87.4 Å². The van der Waals surface area contributed by atoms with E-state index in [1.807, 2.05) is 6.92 Å². The van der Waals surface area contributed by atoms with E-state index in [1.165, 1.54) is 0 Å². The summed E-state index contributed by atoms with van der Waals surface area (Å²) in [7, 11) is 1.69. The quantitative estimate of drug-likeness (QED) is 0.644. The van der Waals surface area contributed by atoms with Gasteiger partial charge in [-0.25, -0.2) is 0 Å². The number of rotatable bonds is 7. The summed E-state index contributed by atoms with van der Waals surface area (Å²) in [5.74, 6) is 2.06. The molecule has 0 saturated heterocycles. The van der Waals surface area contributed by atoms with Gasteiger partial charge in [-0.3, -0.25) is 0 Å². The van der Waals surface area contributed by atoms with Gasteiger partial charge in [0, 0.05) is 7.11 Å². The van der Waals surface area contributed by atoms with Crippen molar-refractivity contribution >= 4 is 12.6 Å². The van der Waals surface area contributed by atoms with E-state index in [-0.39, 0.29) is 6.10 Å². The van der Waals surface area contributed by atoms with E-state index in [1.54, 1.807) is 7.11 Å². The molecule has 0 aromatic heterocycles. The Kier molecular flexibility index (Phi) is 7.81. The van der Waals surface area contributed by atoms with E-state index in [0.717, 1.165) is 12.4 Å². The number of hydrogen-bond donors (Lipinski definition) is 1. The third kappa shape index (κ3) is 6.36. The van der Waals surface area contributed by atoms with E-state index in [9.17, 15) is 0 Å². The highest BCUT2D eigenvalue weighted by molar-refractivity contribution is 7.80. The molecule has 13 heavy (non-hydrogen) atoms. The maximum atomic E-state index is 5.62. The van der Waals surface area contributed by atoms with Gasteiger partial charge in [0.1, 0.15) is 0 Å². The van der Waals surface area contributed by atoms with Gasteiger partial charge in [-0.15, -0.1) is 0 Å². The smallest absolute Gasteiger partial charge is 0.0780 e. The molecule has 0 aromatic rings. The summed E-state index contributed by atoms with van der Waals surface area (Å²) in [4.78, 5) is 0. The van der Waals surface area contributed by atoms with E-state index in [0.29, 0.717) is 18.4 Å². The maximum Gasteiger partial charge on any atom is 0.0780 e. The van der Waals surface area contributed by atoms with Gasteiger partial charge < -0.3 is 9.47 Å². The van der Waals surface area contributed by atoms with Gasteiger partial charge in [-0.05, 0) is 24.5 Å². The predicted molar refractivity (Wildman–Crippen MR) is 59.5 cm³/mol. The molecule has 0 aliphatic heterocycles. The van der Waals surface area contributed by atoms with Gasteiger partial charge in [0.05, 0.1) is 19.3 Å². The van der Waals surface area contributed by atoms with Crippen molar-refractivity contribution in [2.45, 2.75) is 26.9 Å². The zero-order chi connectivity index (χ0) is 10.3. The SMILES string of the molecule is COCC(C)OCC(CS)C(C)C. The standard InChI is InChI=1S/C10H22O2S/c1-8(2)10(7-13)6-12-9(3)5-11-4/h8-10,13H,5-7H2,1-4H3. The summed E-state index contributed by atoms with van der Waals surface area (Å²) in [6.07, 6.45) is 0.186. The van der Waals surface area contributed by atoms with Crippen LogP contribution in [-0.2, 0) is 9.47 Å². The van der Waals surface area contributed by atoms with Crippen molar-refractivity contribution in [2.75, 3.05) is 26.1 Å². The third-order valence-corrected chi connectivity index (χ3v) is 2.64. The Morgan fingerprint density at radius 2 is 1.77 bits per heavy atom. The molecule has 0 fully saturated rings. The van der Waals surface area contributed by atoms with Crippen molar-refractivity contribution in [1.29, 1.82) is 0 Å². The van der Waals surface area contributed by atoms with Crippen LogP contribution in [0.1, 0.15) is 20.8 Å². The lowest BCUT2D eigenvalue weighted by molar-refractivity contribution is -0.00948. The van der Waals surface area contributed by atoms with Crippen molar-refractivity contribution < 1.29 is 9.47 Å². The summed E-state index contributed by atoms with van der Waals surface area (Å²) in [5, 5.41) is 0. The van der Waals surface area contributed by atoms with E-state index < -0.39 is 0 Å². The second kappa shape index (κ2) is 7.65. The van der Waals surface area contributed by atoms with Gasteiger partial charge >= 0.3 is 0 Å². The molecule has 2 atom stereocenters. The van der Waals surface area contributed by atoms with Crippen molar-refractivity contribution in [2.24, 2.45) is 11.8 Å².